The summed E-state index contributed by atoms with van der Waals surface area (Å²) in [5.41, 5.74) is 0. The maximum Gasteiger partial charge on any atom is 0.149 e. The Morgan fingerprint density at radius 2 is 2.00 bits per heavy atom. The average molecular weight is 228 g/mol. The summed E-state index contributed by atoms with van der Waals surface area (Å²) in [6.45, 7) is 6.60. The maximum absolute atomic E-state index is 5.74. The van der Waals surface area contributed by atoms with Crippen molar-refractivity contribution in [2.75, 3.05) is 5.32 Å². The fourth-order valence-electron chi connectivity index (χ4n) is 1.32. The lowest BCUT2D eigenvalue weighted by atomic mass is 10.0. The van der Waals surface area contributed by atoms with Crippen LogP contribution in [0.3, 0.4) is 0 Å². The summed E-state index contributed by atoms with van der Waals surface area (Å²) in [6, 6.07) is 0.403. The van der Waals surface area contributed by atoms with Crippen molar-refractivity contribution in [3.63, 3.8) is 0 Å². The fraction of sp³-hybridized carbons (Fsp3) is 0.636. The van der Waals surface area contributed by atoms with Crippen molar-refractivity contribution in [2.45, 2.75) is 39.7 Å². The second-order valence-electron chi connectivity index (χ2n) is 4.24. The van der Waals surface area contributed by atoms with Crippen molar-refractivity contribution in [1.82, 2.24) is 9.97 Å². The highest BCUT2D eigenvalue weighted by Gasteiger charge is 2.04. The van der Waals surface area contributed by atoms with Crippen molar-refractivity contribution in [2.24, 2.45) is 5.92 Å². The van der Waals surface area contributed by atoms with E-state index in [9.17, 15) is 0 Å². The van der Waals surface area contributed by atoms with Gasteiger partial charge < -0.3 is 5.32 Å². The molecule has 15 heavy (non-hydrogen) atoms. The van der Waals surface area contributed by atoms with Crippen LogP contribution in [0.4, 0.5) is 5.82 Å². The van der Waals surface area contributed by atoms with Crippen LogP contribution in [0.15, 0.2) is 12.4 Å². The highest BCUT2D eigenvalue weighted by atomic mass is 35.5. The highest BCUT2D eigenvalue weighted by molar-refractivity contribution is 6.29. The van der Waals surface area contributed by atoms with Crippen LogP contribution >= 0.6 is 11.6 Å². The van der Waals surface area contributed by atoms with E-state index in [1.54, 1.807) is 6.20 Å². The molecule has 0 aromatic carbocycles. The summed E-state index contributed by atoms with van der Waals surface area (Å²) in [5.74, 6) is 1.48. The van der Waals surface area contributed by atoms with Crippen molar-refractivity contribution >= 4 is 17.4 Å². The van der Waals surface area contributed by atoms with Crippen LogP contribution in [0, 0.1) is 5.92 Å². The maximum atomic E-state index is 5.74. The number of rotatable bonds is 5. The molecule has 1 aromatic heterocycles. The van der Waals surface area contributed by atoms with Gasteiger partial charge >= 0.3 is 0 Å². The molecule has 0 bridgehead atoms. The number of hydrogen-bond acceptors (Lipinski definition) is 3. The lowest BCUT2D eigenvalue weighted by molar-refractivity contribution is 0.527. The van der Waals surface area contributed by atoms with Gasteiger partial charge in [0, 0.05) is 6.04 Å². The van der Waals surface area contributed by atoms with Gasteiger partial charge in [-0.1, -0.05) is 25.4 Å². The Kier molecular flexibility index (Phi) is 4.82. The SMILES string of the molecule is CC(C)CCC(C)Nc1cncc(Cl)n1. The van der Waals surface area contributed by atoms with Gasteiger partial charge in [0.15, 0.2) is 0 Å². The Hall–Kier alpha value is -0.830. The number of aromatic nitrogens is 2. The van der Waals surface area contributed by atoms with E-state index in [1.165, 1.54) is 12.6 Å². The van der Waals surface area contributed by atoms with Crippen LogP contribution in [0.2, 0.25) is 5.15 Å². The molecule has 1 rings (SSSR count). The first-order valence-corrected chi connectivity index (χ1v) is 5.70. The molecule has 1 aromatic rings. The van der Waals surface area contributed by atoms with Gasteiger partial charge in [0.25, 0.3) is 0 Å². The van der Waals surface area contributed by atoms with E-state index in [4.69, 9.17) is 11.6 Å². The van der Waals surface area contributed by atoms with Crippen LogP contribution in [0.1, 0.15) is 33.6 Å². The van der Waals surface area contributed by atoms with E-state index in [-0.39, 0.29) is 0 Å². The zero-order valence-electron chi connectivity index (χ0n) is 9.50. The molecule has 1 atom stereocenters. The Labute approximate surface area is 96.3 Å². The zero-order valence-corrected chi connectivity index (χ0v) is 10.3. The van der Waals surface area contributed by atoms with Crippen molar-refractivity contribution in [3.05, 3.63) is 17.5 Å². The molecular weight excluding hydrogens is 210 g/mol. The molecule has 0 radical (unpaired) electrons. The first-order chi connectivity index (χ1) is 7.08. The molecule has 0 saturated carbocycles. The van der Waals surface area contributed by atoms with Crippen LogP contribution < -0.4 is 5.32 Å². The number of nitrogens with one attached hydrogen (secondary N) is 1. The van der Waals surface area contributed by atoms with E-state index in [2.05, 4.69) is 36.1 Å². The lowest BCUT2D eigenvalue weighted by Crippen LogP contribution is -2.16. The molecule has 1 N–H and O–H groups in total. The van der Waals surface area contributed by atoms with Gasteiger partial charge in [0.2, 0.25) is 0 Å². The van der Waals surface area contributed by atoms with E-state index in [1.807, 2.05) is 0 Å². The third-order valence-electron chi connectivity index (χ3n) is 2.18. The fourth-order valence-corrected chi connectivity index (χ4v) is 1.47. The smallest absolute Gasteiger partial charge is 0.149 e. The normalized spacial score (nSPS) is 12.9. The van der Waals surface area contributed by atoms with Gasteiger partial charge in [0.05, 0.1) is 12.4 Å². The predicted octanol–water partition coefficient (Wildman–Crippen LogP) is 3.37. The second-order valence-corrected chi connectivity index (χ2v) is 4.63. The second kappa shape index (κ2) is 5.91. The third-order valence-corrected chi connectivity index (χ3v) is 2.36. The molecule has 0 saturated heterocycles. The molecule has 0 aliphatic heterocycles. The van der Waals surface area contributed by atoms with Crippen molar-refractivity contribution in [3.8, 4) is 0 Å². The molecule has 0 fully saturated rings. The number of hydrogen-bond donors (Lipinski definition) is 1. The highest BCUT2D eigenvalue weighted by Crippen LogP contribution is 2.12. The third kappa shape index (κ3) is 4.98. The average Bonchev–Trinajstić information content (AvgIpc) is 2.15. The summed E-state index contributed by atoms with van der Waals surface area (Å²) in [4.78, 5) is 8.11. The minimum Gasteiger partial charge on any atom is -0.366 e. The molecule has 0 amide bonds. The lowest BCUT2D eigenvalue weighted by Gasteiger charge is -2.15. The molecule has 1 unspecified atom stereocenters. The Balaban J connectivity index is 2.40. The molecule has 84 valence electrons. The van der Waals surface area contributed by atoms with Gasteiger partial charge in [-0.3, -0.25) is 4.98 Å². The first kappa shape index (κ1) is 12.2. The zero-order chi connectivity index (χ0) is 11.3. The van der Waals surface area contributed by atoms with E-state index >= 15 is 0 Å². The monoisotopic (exact) mass is 227 g/mol. The quantitative estimate of drug-likeness (QED) is 0.838. The summed E-state index contributed by atoms with van der Waals surface area (Å²) in [7, 11) is 0. The number of nitrogens with zero attached hydrogens (tertiary/aromatic N) is 2. The summed E-state index contributed by atoms with van der Waals surface area (Å²) in [5, 5.41) is 3.71. The van der Waals surface area contributed by atoms with Crippen LogP contribution in [0.5, 0.6) is 0 Å². The minimum atomic E-state index is 0.403. The standard InChI is InChI=1S/C11H18ClN3/c1-8(2)4-5-9(3)14-11-7-13-6-10(12)15-11/h6-9H,4-5H2,1-3H3,(H,14,15). The number of halogens is 1. The molecule has 3 nitrogen and oxygen atoms in total. The molecule has 0 spiro atoms. The van der Waals surface area contributed by atoms with Gasteiger partial charge in [-0.15, -0.1) is 0 Å². The van der Waals surface area contributed by atoms with Crippen LogP contribution in [0.25, 0.3) is 0 Å². The molecule has 0 aliphatic rings. The Morgan fingerprint density at radius 1 is 1.27 bits per heavy atom. The van der Waals surface area contributed by atoms with Gasteiger partial charge in [-0.05, 0) is 25.7 Å². The summed E-state index contributed by atoms with van der Waals surface area (Å²) < 4.78 is 0. The largest absolute Gasteiger partial charge is 0.366 e. The van der Waals surface area contributed by atoms with E-state index < -0.39 is 0 Å². The van der Waals surface area contributed by atoms with Gasteiger partial charge in [0.1, 0.15) is 11.0 Å². The van der Waals surface area contributed by atoms with Gasteiger partial charge in [-0.25, -0.2) is 4.98 Å². The number of anilines is 1. The summed E-state index contributed by atoms with van der Waals surface area (Å²) >= 11 is 5.74. The molecule has 0 aliphatic carbocycles. The summed E-state index contributed by atoms with van der Waals surface area (Å²) in [6.07, 6.45) is 5.57. The molecule has 4 heteroatoms. The molecular formula is C11H18ClN3. The van der Waals surface area contributed by atoms with Crippen molar-refractivity contribution in [1.29, 1.82) is 0 Å². The van der Waals surface area contributed by atoms with E-state index in [0.29, 0.717) is 11.2 Å². The van der Waals surface area contributed by atoms with Crippen molar-refractivity contribution < 1.29 is 0 Å². The Bertz CT molecular complexity index is 302. The first-order valence-electron chi connectivity index (χ1n) is 5.32. The minimum absolute atomic E-state index is 0.403. The van der Waals surface area contributed by atoms with Gasteiger partial charge in [-0.2, -0.15) is 0 Å². The van der Waals surface area contributed by atoms with E-state index in [0.717, 1.165) is 18.2 Å². The molecule has 1 heterocycles. The Morgan fingerprint density at radius 3 is 2.60 bits per heavy atom. The van der Waals surface area contributed by atoms with Crippen LogP contribution in [-0.4, -0.2) is 16.0 Å². The predicted molar refractivity (Wildman–Crippen MR) is 64.2 cm³/mol. The van der Waals surface area contributed by atoms with Crippen LogP contribution in [-0.2, 0) is 0 Å². The topological polar surface area (TPSA) is 37.8 Å².